The monoisotopic (exact) mass is 482 g/mol. The third-order valence-corrected chi connectivity index (χ3v) is 6.09. The summed E-state index contributed by atoms with van der Waals surface area (Å²) in [4.78, 5) is -0.369. The summed E-state index contributed by atoms with van der Waals surface area (Å²) >= 11 is 11.9. The SMILES string of the molecule is N=C(N)c1ccc(CCOc2cc(Cl)cc(OS(=O)(=O)c3ccc(F)cc3Cl)c2)cc1. The molecule has 162 valence electrons. The van der Waals surface area contributed by atoms with E-state index in [2.05, 4.69) is 0 Å². The minimum atomic E-state index is -4.31. The maximum Gasteiger partial charge on any atom is 0.340 e. The van der Waals surface area contributed by atoms with Crippen molar-refractivity contribution in [1.29, 1.82) is 5.41 Å². The smallest absolute Gasteiger partial charge is 0.340 e. The van der Waals surface area contributed by atoms with Crippen LogP contribution < -0.4 is 14.7 Å². The Kier molecular flexibility index (Phi) is 7.04. The Morgan fingerprint density at radius 1 is 1.00 bits per heavy atom. The molecule has 0 spiro atoms. The van der Waals surface area contributed by atoms with E-state index in [1.807, 2.05) is 12.1 Å². The minimum Gasteiger partial charge on any atom is -0.493 e. The molecule has 3 aromatic carbocycles. The van der Waals surface area contributed by atoms with E-state index in [0.717, 1.165) is 23.8 Å². The maximum absolute atomic E-state index is 13.2. The van der Waals surface area contributed by atoms with Gasteiger partial charge in [-0.15, -0.1) is 0 Å². The highest BCUT2D eigenvalue weighted by molar-refractivity contribution is 7.87. The summed E-state index contributed by atoms with van der Waals surface area (Å²) in [7, 11) is -4.31. The zero-order chi connectivity index (χ0) is 22.6. The van der Waals surface area contributed by atoms with E-state index >= 15 is 0 Å². The van der Waals surface area contributed by atoms with Crippen molar-refractivity contribution in [3.63, 3.8) is 0 Å². The van der Waals surface area contributed by atoms with Crippen molar-refractivity contribution in [3.05, 3.63) is 87.7 Å². The van der Waals surface area contributed by atoms with Crippen molar-refractivity contribution >= 4 is 39.2 Å². The van der Waals surface area contributed by atoms with E-state index in [1.54, 1.807) is 12.1 Å². The molecular formula is C21H17Cl2FN2O4S. The first kappa shape index (κ1) is 22.9. The van der Waals surface area contributed by atoms with Crippen LogP contribution in [0.15, 0.2) is 65.6 Å². The van der Waals surface area contributed by atoms with Gasteiger partial charge in [-0.25, -0.2) is 4.39 Å². The van der Waals surface area contributed by atoms with E-state index in [4.69, 9.17) is 43.3 Å². The topological polar surface area (TPSA) is 102 Å². The van der Waals surface area contributed by atoms with Crippen LogP contribution >= 0.6 is 23.2 Å². The van der Waals surface area contributed by atoms with Crippen LogP contribution in [0.1, 0.15) is 11.1 Å². The molecule has 0 saturated carbocycles. The van der Waals surface area contributed by atoms with Gasteiger partial charge in [0.25, 0.3) is 0 Å². The van der Waals surface area contributed by atoms with E-state index in [-0.39, 0.29) is 33.1 Å². The van der Waals surface area contributed by atoms with Crippen LogP contribution in [0.3, 0.4) is 0 Å². The van der Waals surface area contributed by atoms with Gasteiger partial charge in [-0.2, -0.15) is 8.42 Å². The third kappa shape index (κ3) is 6.10. The van der Waals surface area contributed by atoms with Crippen LogP contribution in [-0.4, -0.2) is 20.9 Å². The van der Waals surface area contributed by atoms with Gasteiger partial charge in [0.2, 0.25) is 0 Å². The fourth-order valence-corrected chi connectivity index (χ4v) is 4.29. The van der Waals surface area contributed by atoms with Crippen LogP contribution in [0.2, 0.25) is 10.0 Å². The van der Waals surface area contributed by atoms with Crippen molar-refractivity contribution in [2.75, 3.05) is 6.61 Å². The number of amidine groups is 1. The van der Waals surface area contributed by atoms with Crippen molar-refractivity contribution in [3.8, 4) is 11.5 Å². The lowest BCUT2D eigenvalue weighted by Crippen LogP contribution is -2.11. The summed E-state index contributed by atoms with van der Waals surface area (Å²) in [6.45, 7) is 0.287. The molecule has 10 heteroatoms. The largest absolute Gasteiger partial charge is 0.493 e. The van der Waals surface area contributed by atoms with Crippen LogP contribution in [0, 0.1) is 11.2 Å². The number of halogens is 3. The quantitative estimate of drug-likeness (QED) is 0.272. The van der Waals surface area contributed by atoms with E-state index < -0.39 is 15.9 Å². The van der Waals surface area contributed by atoms with Gasteiger partial charge in [-0.3, -0.25) is 5.41 Å². The molecule has 0 aliphatic carbocycles. The maximum atomic E-state index is 13.2. The molecule has 3 N–H and O–H groups in total. The summed E-state index contributed by atoms with van der Waals surface area (Å²) in [5, 5.41) is 7.31. The number of nitrogen functional groups attached to an aromatic ring is 1. The minimum absolute atomic E-state index is 0.00821. The number of nitrogens with one attached hydrogen (secondary N) is 1. The van der Waals surface area contributed by atoms with Gasteiger partial charge >= 0.3 is 10.1 Å². The number of nitrogens with two attached hydrogens (primary N) is 1. The van der Waals surface area contributed by atoms with Gasteiger partial charge in [0.1, 0.15) is 28.0 Å². The molecule has 3 aromatic rings. The van der Waals surface area contributed by atoms with Crippen molar-refractivity contribution in [1.82, 2.24) is 0 Å². The number of hydrogen-bond donors (Lipinski definition) is 2. The fourth-order valence-electron chi connectivity index (χ4n) is 2.66. The third-order valence-electron chi connectivity index (χ3n) is 4.14. The highest BCUT2D eigenvalue weighted by atomic mass is 35.5. The lowest BCUT2D eigenvalue weighted by Gasteiger charge is -2.11. The van der Waals surface area contributed by atoms with Crippen LogP contribution in [-0.2, 0) is 16.5 Å². The predicted octanol–water partition coefficient (Wildman–Crippen LogP) is 4.81. The average Bonchev–Trinajstić information content (AvgIpc) is 2.67. The summed E-state index contributed by atoms with van der Waals surface area (Å²) < 4.78 is 48.9. The molecule has 0 aliphatic heterocycles. The summed E-state index contributed by atoms with van der Waals surface area (Å²) in [6, 6.07) is 14.2. The zero-order valence-electron chi connectivity index (χ0n) is 15.9. The number of rotatable bonds is 8. The molecule has 6 nitrogen and oxygen atoms in total. The summed E-state index contributed by atoms with van der Waals surface area (Å²) in [5.74, 6) is -0.443. The second kappa shape index (κ2) is 9.55. The van der Waals surface area contributed by atoms with E-state index in [0.29, 0.717) is 17.7 Å². The van der Waals surface area contributed by atoms with Gasteiger partial charge in [0.05, 0.1) is 11.6 Å². The summed E-state index contributed by atoms with van der Waals surface area (Å²) in [6.07, 6.45) is 0.560. The molecule has 0 bridgehead atoms. The first-order valence-electron chi connectivity index (χ1n) is 8.90. The molecule has 0 amide bonds. The Morgan fingerprint density at radius 3 is 2.32 bits per heavy atom. The van der Waals surface area contributed by atoms with Crippen molar-refractivity contribution in [2.45, 2.75) is 11.3 Å². The molecule has 0 atom stereocenters. The number of benzene rings is 3. The zero-order valence-corrected chi connectivity index (χ0v) is 18.3. The molecule has 0 radical (unpaired) electrons. The first-order chi connectivity index (χ1) is 14.6. The summed E-state index contributed by atoms with van der Waals surface area (Å²) in [5.41, 5.74) is 7.03. The molecule has 0 aromatic heterocycles. The Hall–Kier alpha value is -2.81. The molecule has 0 fully saturated rings. The highest BCUT2D eigenvalue weighted by Crippen LogP contribution is 2.30. The Morgan fingerprint density at radius 2 is 1.68 bits per heavy atom. The predicted molar refractivity (Wildman–Crippen MR) is 117 cm³/mol. The van der Waals surface area contributed by atoms with Crippen LogP contribution in [0.4, 0.5) is 4.39 Å². The number of hydrogen-bond acceptors (Lipinski definition) is 5. The standard InChI is InChI=1S/C21H17Cl2FN2O4S/c22-15-9-17(29-8-7-13-1-3-14(4-2-13)21(25)26)12-18(10-15)30-31(27,28)20-6-5-16(24)11-19(20)23/h1-6,9-12H,7-8H2,(H3,25,26). The average molecular weight is 483 g/mol. The first-order valence-corrected chi connectivity index (χ1v) is 11.1. The fraction of sp³-hybridized carbons (Fsp3) is 0.0952. The lowest BCUT2D eigenvalue weighted by atomic mass is 10.1. The second-order valence-corrected chi connectivity index (χ2v) is 8.80. The van der Waals surface area contributed by atoms with Gasteiger partial charge < -0.3 is 14.7 Å². The van der Waals surface area contributed by atoms with E-state index in [1.165, 1.54) is 18.2 Å². The van der Waals surface area contributed by atoms with Crippen LogP contribution in [0.25, 0.3) is 0 Å². The molecule has 31 heavy (non-hydrogen) atoms. The van der Waals surface area contributed by atoms with Crippen molar-refractivity contribution < 1.29 is 21.7 Å². The molecule has 0 aliphatic rings. The lowest BCUT2D eigenvalue weighted by molar-refractivity contribution is 0.321. The molecular weight excluding hydrogens is 466 g/mol. The van der Waals surface area contributed by atoms with Gasteiger partial charge in [0, 0.05) is 29.1 Å². The Balaban J connectivity index is 1.69. The van der Waals surface area contributed by atoms with Gasteiger partial charge in [-0.1, -0.05) is 47.5 Å². The molecule has 0 saturated heterocycles. The molecule has 0 unspecified atom stereocenters. The molecule has 0 heterocycles. The normalized spacial score (nSPS) is 11.2. The highest BCUT2D eigenvalue weighted by Gasteiger charge is 2.21. The molecule has 3 rings (SSSR count). The Bertz CT molecular complexity index is 1220. The number of ether oxygens (including phenoxy) is 1. The Labute approximate surface area is 188 Å². The van der Waals surface area contributed by atoms with Gasteiger partial charge in [-0.05, 0) is 29.8 Å². The van der Waals surface area contributed by atoms with Crippen molar-refractivity contribution in [2.24, 2.45) is 5.73 Å². The second-order valence-electron chi connectivity index (χ2n) is 6.44. The van der Waals surface area contributed by atoms with Crippen LogP contribution in [0.5, 0.6) is 11.5 Å². The van der Waals surface area contributed by atoms with Gasteiger partial charge in [0.15, 0.2) is 0 Å². The van der Waals surface area contributed by atoms with E-state index in [9.17, 15) is 12.8 Å².